The molecular weight excluding hydrogens is 420 g/mol. The molecule has 1 aromatic carbocycles. The Morgan fingerprint density at radius 2 is 1.36 bits per heavy atom. The molecule has 7 atom stereocenters. The highest BCUT2D eigenvalue weighted by Gasteiger charge is 2.31. The average Bonchev–Trinajstić information content (AvgIpc) is 2.68. The van der Waals surface area contributed by atoms with Gasteiger partial charge in [0.05, 0.1) is 18.3 Å². The predicted octanol–water partition coefficient (Wildman–Crippen LogP) is 4.96. The lowest BCUT2D eigenvalue weighted by Crippen LogP contribution is -2.31. The van der Waals surface area contributed by atoms with Gasteiger partial charge in [-0.3, -0.25) is 4.79 Å². The fourth-order valence-electron chi connectivity index (χ4n) is 4.80. The predicted molar refractivity (Wildman–Crippen MR) is 131 cm³/mol. The van der Waals surface area contributed by atoms with Gasteiger partial charge in [0.15, 0.2) is 0 Å². The van der Waals surface area contributed by atoms with E-state index in [0.717, 1.165) is 19.3 Å². The molecular formula is C27H46O6. The van der Waals surface area contributed by atoms with E-state index in [1.807, 2.05) is 20.8 Å². The molecule has 0 fully saturated rings. The number of carbonyl (C=O) groups is 1. The van der Waals surface area contributed by atoms with E-state index < -0.39 is 24.2 Å². The number of benzene rings is 1. The van der Waals surface area contributed by atoms with Crippen LogP contribution in [0.1, 0.15) is 91.7 Å². The van der Waals surface area contributed by atoms with Crippen molar-refractivity contribution < 1.29 is 30.3 Å². The van der Waals surface area contributed by atoms with Crippen molar-refractivity contribution in [2.75, 3.05) is 0 Å². The van der Waals surface area contributed by atoms with Crippen molar-refractivity contribution >= 4 is 5.78 Å². The molecule has 0 saturated heterocycles. The summed E-state index contributed by atoms with van der Waals surface area (Å²) in [7, 11) is 0. The Hall–Kier alpha value is -1.63. The van der Waals surface area contributed by atoms with Crippen LogP contribution in [0.3, 0.4) is 0 Å². The number of phenols is 2. The van der Waals surface area contributed by atoms with Crippen molar-refractivity contribution in [2.24, 2.45) is 29.6 Å². The van der Waals surface area contributed by atoms with Crippen molar-refractivity contribution in [3.63, 3.8) is 0 Å². The molecule has 0 spiro atoms. The van der Waals surface area contributed by atoms with Crippen molar-refractivity contribution in [2.45, 2.75) is 98.4 Å². The molecule has 0 amide bonds. The van der Waals surface area contributed by atoms with Crippen LogP contribution in [-0.2, 0) is 4.79 Å². The van der Waals surface area contributed by atoms with Gasteiger partial charge in [-0.2, -0.15) is 0 Å². The number of hydrogen-bond donors (Lipinski definition) is 5. The highest BCUT2D eigenvalue weighted by Crippen LogP contribution is 2.35. The molecule has 6 heteroatoms. The Morgan fingerprint density at radius 3 is 1.88 bits per heavy atom. The van der Waals surface area contributed by atoms with E-state index >= 15 is 0 Å². The van der Waals surface area contributed by atoms with Crippen LogP contribution in [0.25, 0.3) is 0 Å². The zero-order valence-electron chi connectivity index (χ0n) is 21.2. The Bertz CT molecular complexity index is 698. The number of rotatable bonds is 15. The second-order valence-corrected chi connectivity index (χ2v) is 10.7. The first kappa shape index (κ1) is 29.4. The van der Waals surface area contributed by atoms with E-state index in [9.17, 15) is 30.3 Å². The minimum Gasteiger partial charge on any atom is -0.508 e. The summed E-state index contributed by atoms with van der Waals surface area (Å²) in [6.07, 6.45) is 1.26. The van der Waals surface area contributed by atoms with E-state index in [2.05, 4.69) is 13.8 Å². The van der Waals surface area contributed by atoms with Gasteiger partial charge in [0.1, 0.15) is 17.3 Å². The van der Waals surface area contributed by atoms with E-state index in [1.54, 1.807) is 6.92 Å². The molecule has 0 heterocycles. The molecule has 6 nitrogen and oxygen atoms in total. The second-order valence-electron chi connectivity index (χ2n) is 10.7. The Kier molecular flexibility index (Phi) is 12.4. The summed E-state index contributed by atoms with van der Waals surface area (Å²) in [6, 6.07) is 3.96. The van der Waals surface area contributed by atoms with E-state index in [0.29, 0.717) is 30.2 Å². The molecule has 0 aliphatic carbocycles. The standard InChI is InChI=1S/C27H46O6/c1-16(2)9-25(27(33)21-12-23(30)14-24(31)13-21)26(32)15-22(29)8-7-17(3)10-18(4)11-19(5)20(6)28/h12-14,16-19,22,25-27,29-33H,7-11,15H2,1-6H3/t17-,18+,19-,22-,25+,26-,27+/m1/s1. The number of carbonyl (C=O) groups excluding carboxylic acids is 1. The zero-order chi connectivity index (χ0) is 25.3. The first-order chi connectivity index (χ1) is 15.3. The molecule has 1 aromatic rings. The van der Waals surface area contributed by atoms with Gasteiger partial charge in [0.25, 0.3) is 0 Å². The van der Waals surface area contributed by atoms with Gasteiger partial charge >= 0.3 is 0 Å². The Balaban J connectivity index is 2.66. The summed E-state index contributed by atoms with van der Waals surface area (Å²) in [6.45, 7) is 11.9. The average molecular weight is 467 g/mol. The van der Waals surface area contributed by atoms with Crippen LogP contribution in [0.4, 0.5) is 0 Å². The molecule has 0 aromatic heterocycles. The topological polar surface area (TPSA) is 118 Å². The van der Waals surface area contributed by atoms with Gasteiger partial charge < -0.3 is 25.5 Å². The van der Waals surface area contributed by atoms with E-state index in [-0.39, 0.29) is 35.5 Å². The number of aliphatic hydroxyl groups excluding tert-OH is 3. The summed E-state index contributed by atoms with van der Waals surface area (Å²) >= 11 is 0. The fourth-order valence-corrected chi connectivity index (χ4v) is 4.80. The third kappa shape index (κ3) is 10.9. The van der Waals surface area contributed by atoms with Crippen LogP contribution in [0.2, 0.25) is 0 Å². The third-order valence-electron chi connectivity index (χ3n) is 6.67. The number of ketones is 1. The fraction of sp³-hybridized carbons (Fsp3) is 0.741. The maximum atomic E-state index is 11.5. The van der Waals surface area contributed by atoms with Crippen molar-refractivity contribution in [1.82, 2.24) is 0 Å². The van der Waals surface area contributed by atoms with Gasteiger partial charge in [-0.15, -0.1) is 0 Å². The number of aliphatic hydroxyl groups is 3. The maximum Gasteiger partial charge on any atom is 0.132 e. The highest BCUT2D eigenvalue weighted by molar-refractivity contribution is 5.77. The summed E-state index contributed by atoms with van der Waals surface area (Å²) in [5.74, 6) is 0.506. The number of phenolic OH excluding ortho intramolecular Hbond substituents is 2. The van der Waals surface area contributed by atoms with Crippen LogP contribution in [0, 0.1) is 29.6 Å². The first-order valence-corrected chi connectivity index (χ1v) is 12.4. The van der Waals surface area contributed by atoms with Crippen LogP contribution in [0.5, 0.6) is 11.5 Å². The van der Waals surface area contributed by atoms with Crippen LogP contribution in [0.15, 0.2) is 18.2 Å². The van der Waals surface area contributed by atoms with E-state index in [4.69, 9.17) is 0 Å². The molecule has 0 aliphatic heterocycles. The number of aromatic hydroxyl groups is 2. The molecule has 1 rings (SSSR count). The lowest BCUT2D eigenvalue weighted by Gasteiger charge is -2.31. The summed E-state index contributed by atoms with van der Waals surface area (Å²) in [4.78, 5) is 11.5. The van der Waals surface area contributed by atoms with Gasteiger partial charge in [0, 0.05) is 17.9 Å². The lowest BCUT2D eigenvalue weighted by molar-refractivity contribution is -0.120. The second kappa shape index (κ2) is 13.9. The van der Waals surface area contributed by atoms with Gasteiger partial charge in [-0.1, -0.05) is 34.6 Å². The SMILES string of the molecule is CC(=O)[C@H](C)C[C@@H](C)C[C@H](C)CC[C@@H](O)C[C@@H](O)[C@H](CC(C)C)[C@@H](O)c1cc(O)cc(O)c1. The molecule has 5 N–H and O–H groups in total. The highest BCUT2D eigenvalue weighted by atomic mass is 16.3. The first-order valence-electron chi connectivity index (χ1n) is 12.4. The van der Waals surface area contributed by atoms with Crippen LogP contribution in [-0.4, -0.2) is 43.5 Å². The largest absolute Gasteiger partial charge is 0.508 e. The quantitative estimate of drug-likeness (QED) is 0.249. The lowest BCUT2D eigenvalue weighted by atomic mass is 9.81. The minimum atomic E-state index is -1.07. The molecule has 0 bridgehead atoms. The smallest absolute Gasteiger partial charge is 0.132 e. The number of Topliss-reactive ketones (excluding diaryl/α,β-unsaturated/α-hetero) is 1. The van der Waals surface area contributed by atoms with Crippen molar-refractivity contribution in [3.05, 3.63) is 23.8 Å². The maximum absolute atomic E-state index is 11.5. The van der Waals surface area contributed by atoms with Crippen molar-refractivity contribution in [1.29, 1.82) is 0 Å². The molecule has 0 radical (unpaired) electrons. The van der Waals surface area contributed by atoms with Crippen molar-refractivity contribution in [3.8, 4) is 11.5 Å². The summed E-state index contributed by atoms with van der Waals surface area (Å²) in [5.41, 5.74) is 0.342. The Morgan fingerprint density at radius 1 is 0.788 bits per heavy atom. The molecule has 0 aliphatic rings. The Labute approximate surface area is 199 Å². The minimum absolute atomic E-state index is 0.0747. The molecule has 33 heavy (non-hydrogen) atoms. The van der Waals surface area contributed by atoms with Gasteiger partial charge in [0.2, 0.25) is 0 Å². The van der Waals surface area contributed by atoms with E-state index in [1.165, 1.54) is 18.2 Å². The molecule has 190 valence electrons. The van der Waals surface area contributed by atoms with Gasteiger partial charge in [-0.05, 0) is 80.9 Å². The molecule has 0 unspecified atom stereocenters. The molecule has 0 saturated carbocycles. The zero-order valence-corrected chi connectivity index (χ0v) is 21.2. The van der Waals surface area contributed by atoms with Crippen LogP contribution < -0.4 is 0 Å². The summed E-state index contributed by atoms with van der Waals surface area (Å²) < 4.78 is 0. The number of hydrogen-bond acceptors (Lipinski definition) is 6. The third-order valence-corrected chi connectivity index (χ3v) is 6.67. The van der Waals surface area contributed by atoms with Crippen LogP contribution >= 0.6 is 0 Å². The van der Waals surface area contributed by atoms with Gasteiger partial charge in [-0.25, -0.2) is 0 Å². The normalized spacial score (nSPS) is 18.4. The summed E-state index contributed by atoms with van der Waals surface area (Å²) in [5, 5.41) is 51.9. The monoisotopic (exact) mass is 466 g/mol.